The molecule has 1 fully saturated rings. The molecule has 3 heteroatoms. The van der Waals surface area contributed by atoms with Gasteiger partial charge in [0.05, 0.1) is 5.92 Å². The first-order valence-electron chi connectivity index (χ1n) is 4.72. The second kappa shape index (κ2) is 4.30. The van der Waals surface area contributed by atoms with Gasteiger partial charge in [-0.1, -0.05) is 6.92 Å². The van der Waals surface area contributed by atoms with Crippen LogP contribution in [0.3, 0.4) is 0 Å². The SMILES string of the molecule is CCC(=O)CC1C(=O)CCCC1=O. The summed E-state index contributed by atoms with van der Waals surface area (Å²) in [6.45, 7) is 1.75. The molecule has 0 unspecified atom stereocenters. The second-order valence-electron chi connectivity index (χ2n) is 3.44. The molecule has 3 nitrogen and oxygen atoms in total. The zero-order valence-electron chi connectivity index (χ0n) is 7.84. The summed E-state index contributed by atoms with van der Waals surface area (Å²) in [5, 5.41) is 0. The first kappa shape index (κ1) is 10.1. The summed E-state index contributed by atoms with van der Waals surface area (Å²) in [6, 6.07) is 0. The van der Waals surface area contributed by atoms with Crippen LogP contribution in [0.4, 0.5) is 0 Å². The maximum absolute atomic E-state index is 11.3. The molecule has 1 rings (SSSR count). The molecule has 0 heterocycles. The van der Waals surface area contributed by atoms with Crippen LogP contribution in [-0.2, 0) is 14.4 Å². The Morgan fingerprint density at radius 1 is 1.31 bits per heavy atom. The lowest BCUT2D eigenvalue weighted by Crippen LogP contribution is -2.30. The molecule has 0 atom stereocenters. The van der Waals surface area contributed by atoms with E-state index in [1.807, 2.05) is 0 Å². The van der Waals surface area contributed by atoms with E-state index in [0.29, 0.717) is 25.7 Å². The van der Waals surface area contributed by atoms with Gasteiger partial charge in [0.25, 0.3) is 0 Å². The van der Waals surface area contributed by atoms with Crippen LogP contribution in [-0.4, -0.2) is 17.3 Å². The molecule has 1 saturated carbocycles. The lowest BCUT2D eigenvalue weighted by molar-refractivity contribution is -0.138. The van der Waals surface area contributed by atoms with Crippen molar-refractivity contribution < 1.29 is 14.4 Å². The summed E-state index contributed by atoms with van der Waals surface area (Å²) >= 11 is 0. The predicted octanol–water partition coefficient (Wildman–Crippen LogP) is 1.29. The van der Waals surface area contributed by atoms with Crippen LogP contribution in [0, 0.1) is 5.92 Å². The minimum Gasteiger partial charge on any atom is -0.300 e. The molecular weight excluding hydrogens is 168 g/mol. The fourth-order valence-corrected chi connectivity index (χ4v) is 1.56. The van der Waals surface area contributed by atoms with Crippen molar-refractivity contribution in [3.63, 3.8) is 0 Å². The van der Waals surface area contributed by atoms with Crippen molar-refractivity contribution >= 4 is 17.3 Å². The van der Waals surface area contributed by atoms with Gasteiger partial charge in [0, 0.05) is 25.7 Å². The topological polar surface area (TPSA) is 51.2 Å². The van der Waals surface area contributed by atoms with Gasteiger partial charge >= 0.3 is 0 Å². The van der Waals surface area contributed by atoms with Gasteiger partial charge in [0.1, 0.15) is 17.3 Å². The van der Waals surface area contributed by atoms with E-state index < -0.39 is 5.92 Å². The molecule has 1 aliphatic carbocycles. The van der Waals surface area contributed by atoms with Gasteiger partial charge in [0.2, 0.25) is 0 Å². The number of ketones is 3. The highest BCUT2D eigenvalue weighted by atomic mass is 16.2. The van der Waals surface area contributed by atoms with Crippen LogP contribution in [0.25, 0.3) is 0 Å². The van der Waals surface area contributed by atoms with Gasteiger partial charge < -0.3 is 0 Å². The molecular formula is C10H14O3. The maximum Gasteiger partial charge on any atom is 0.143 e. The van der Waals surface area contributed by atoms with Crippen molar-refractivity contribution in [3.05, 3.63) is 0 Å². The van der Waals surface area contributed by atoms with E-state index in [9.17, 15) is 14.4 Å². The lowest BCUT2D eigenvalue weighted by Gasteiger charge is -2.17. The number of carbonyl (C=O) groups is 3. The van der Waals surface area contributed by atoms with Gasteiger partial charge in [-0.25, -0.2) is 0 Å². The molecule has 1 aliphatic rings. The Morgan fingerprint density at radius 2 is 1.85 bits per heavy atom. The summed E-state index contributed by atoms with van der Waals surface area (Å²) in [7, 11) is 0. The third-order valence-corrected chi connectivity index (χ3v) is 2.45. The zero-order chi connectivity index (χ0) is 9.84. The molecule has 0 aliphatic heterocycles. The van der Waals surface area contributed by atoms with Gasteiger partial charge in [-0.2, -0.15) is 0 Å². The van der Waals surface area contributed by atoms with Crippen molar-refractivity contribution in [2.24, 2.45) is 5.92 Å². The Kier molecular flexibility index (Phi) is 3.34. The molecule has 72 valence electrons. The number of rotatable bonds is 3. The third-order valence-electron chi connectivity index (χ3n) is 2.45. The highest BCUT2D eigenvalue weighted by molar-refractivity contribution is 6.06. The Hall–Kier alpha value is -0.990. The summed E-state index contributed by atoms with van der Waals surface area (Å²) in [5.41, 5.74) is 0. The van der Waals surface area contributed by atoms with Gasteiger partial charge in [0.15, 0.2) is 0 Å². The van der Waals surface area contributed by atoms with Crippen molar-refractivity contribution in [1.82, 2.24) is 0 Å². The second-order valence-corrected chi connectivity index (χ2v) is 3.44. The molecule has 0 radical (unpaired) electrons. The molecule has 0 saturated heterocycles. The number of hydrogen-bond donors (Lipinski definition) is 0. The molecule has 0 aromatic carbocycles. The number of hydrogen-bond acceptors (Lipinski definition) is 3. The summed E-state index contributed by atoms with van der Waals surface area (Å²) in [6.07, 6.45) is 2.14. The standard InChI is InChI=1S/C10H14O3/c1-2-7(11)6-8-9(12)4-3-5-10(8)13/h8H,2-6H2,1H3. The third kappa shape index (κ3) is 2.47. The summed E-state index contributed by atoms with van der Waals surface area (Å²) in [4.78, 5) is 33.6. The average molecular weight is 182 g/mol. The number of carbonyl (C=O) groups excluding carboxylic acids is 3. The lowest BCUT2D eigenvalue weighted by atomic mass is 9.83. The minimum absolute atomic E-state index is 0.00796. The highest BCUT2D eigenvalue weighted by Gasteiger charge is 2.30. The molecule has 0 aromatic heterocycles. The fourth-order valence-electron chi connectivity index (χ4n) is 1.56. The van der Waals surface area contributed by atoms with Crippen LogP contribution in [0.2, 0.25) is 0 Å². The Labute approximate surface area is 77.5 Å². The average Bonchev–Trinajstić information content (AvgIpc) is 2.11. The maximum atomic E-state index is 11.3. The minimum atomic E-state index is -0.610. The van der Waals surface area contributed by atoms with Crippen molar-refractivity contribution in [2.75, 3.05) is 0 Å². The van der Waals surface area contributed by atoms with Gasteiger partial charge in [-0.15, -0.1) is 0 Å². The molecule has 0 spiro atoms. The van der Waals surface area contributed by atoms with Crippen LogP contribution in [0.1, 0.15) is 39.0 Å². The summed E-state index contributed by atoms with van der Waals surface area (Å²) < 4.78 is 0. The van der Waals surface area contributed by atoms with Gasteiger partial charge in [-0.3, -0.25) is 14.4 Å². The summed E-state index contributed by atoms with van der Waals surface area (Å²) in [5.74, 6) is -0.689. The molecule has 0 amide bonds. The van der Waals surface area contributed by atoms with Crippen LogP contribution < -0.4 is 0 Å². The van der Waals surface area contributed by atoms with E-state index in [4.69, 9.17) is 0 Å². The molecule has 13 heavy (non-hydrogen) atoms. The van der Waals surface area contributed by atoms with Gasteiger partial charge in [-0.05, 0) is 6.42 Å². The molecule has 0 N–H and O–H groups in total. The largest absolute Gasteiger partial charge is 0.300 e. The van der Waals surface area contributed by atoms with Crippen molar-refractivity contribution in [1.29, 1.82) is 0 Å². The Morgan fingerprint density at radius 3 is 2.31 bits per heavy atom. The molecule has 0 bridgehead atoms. The Bertz CT molecular complexity index is 227. The first-order chi connectivity index (χ1) is 6.15. The van der Waals surface area contributed by atoms with E-state index in [2.05, 4.69) is 0 Å². The van der Waals surface area contributed by atoms with E-state index in [-0.39, 0.29) is 23.8 Å². The quantitative estimate of drug-likeness (QED) is 0.618. The predicted molar refractivity (Wildman–Crippen MR) is 47.3 cm³/mol. The van der Waals surface area contributed by atoms with Crippen LogP contribution in [0.5, 0.6) is 0 Å². The number of Topliss-reactive ketones (excluding diaryl/α,β-unsaturated/α-hetero) is 3. The van der Waals surface area contributed by atoms with Crippen molar-refractivity contribution in [2.45, 2.75) is 39.0 Å². The zero-order valence-corrected chi connectivity index (χ0v) is 7.84. The van der Waals surface area contributed by atoms with Crippen LogP contribution in [0.15, 0.2) is 0 Å². The highest BCUT2D eigenvalue weighted by Crippen LogP contribution is 2.20. The Balaban J connectivity index is 2.59. The normalized spacial score (nSPS) is 19.2. The molecule has 0 aromatic rings. The smallest absolute Gasteiger partial charge is 0.143 e. The van der Waals surface area contributed by atoms with E-state index in [0.717, 1.165) is 0 Å². The first-order valence-corrected chi connectivity index (χ1v) is 4.72. The van der Waals surface area contributed by atoms with E-state index in [1.165, 1.54) is 0 Å². The van der Waals surface area contributed by atoms with Crippen LogP contribution >= 0.6 is 0 Å². The van der Waals surface area contributed by atoms with E-state index >= 15 is 0 Å². The fraction of sp³-hybridized carbons (Fsp3) is 0.700. The van der Waals surface area contributed by atoms with Crippen molar-refractivity contribution in [3.8, 4) is 0 Å². The monoisotopic (exact) mass is 182 g/mol. The van der Waals surface area contributed by atoms with E-state index in [1.54, 1.807) is 6.92 Å².